The number of rotatable bonds is 6. The number of hydrogen-bond donors (Lipinski definition) is 1. The number of ether oxygens (including phenoxy) is 2. The minimum Gasteiger partial charge on any atom is -0.495 e. The Morgan fingerprint density at radius 1 is 1.00 bits per heavy atom. The number of amides is 1. The second-order valence-corrected chi connectivity index (χ2v) is 6.69. The molecule has 0 aliphatic rings. The van der Waals surface area contributed by atoms with Crippen molar-refractivity contribution in [3.05, 3.63) is 76.8 Å². The molecule has 3 aromatic rings. The van der Waals surface area contributed by atoms with Gasteiger partial charge in [0.05, 0.1) is 19.2 Å². The molecule has 0 aliphatic carbocycles. The number of methoxy groups -OCH3 is 2. The van der Waals surface area contributed by atoms with Crippen LogP contribution in [-0.4, -0.2) is 32.1 Å². The molecule has 1 amide bonds. The SMILES string of the molecule is COC(=O)[C@@H](Cc1ccc(OC)c(Cl)c1)NC(=O)c1ccc2ccccc2c1. The van der Waals surface area contributed by atoms with Gasteiger partial charge >= 0.3 is 5.97 Å². The maximum Gasteiger partial charge on any atom is 0.328 e. The summed E-state index contributed by atoms with van der Waals surface area (Å²) in [5.74, 6) is -0.331. The normalized spacial score (nSPS) is 11.7. The second-order valence-electron chi connectivity index (χ2n) is 6.28. The fourth-order valence-electron chi connectivity index (χ4n) is 2.98. The van der Waals surface area contributed by atoms with Crippen molar-refractivity contribution in [1.82, 2.24) is 5.32 Å². The minimum absolute atomic E-state index is 0.246. The average Bonchev–Trinajstić information content (AvgIpc) is 2.72. The van der Waals surface area contributed by atoms with E-state index in [0.717, 1.165) is 16.3 Å². The van der Waals surface area contributed by atoms with Crippen molar-refractivity contribution in [3.8, 4) is 5.75 Å². The summed E-state index contributed by atoms with van der Waals surface area (Å²) in [7, 11) is 2.82. The molecule has 5 nitrogen and oxygen atoms in total. The topological polar surface area (TPSA) is 64.6 Å². The van der Waals surface area contributed by atoms with Crippen LogP contribution in [0.3, 0.4) is 0 Å². The van der Waals surface area contributed by atoms with Gasteiger partial charge in [0.25, 0.3) is 5.91 Å². The number of carbonyl (C=O) groups excluding carboxylic acids is 2. The minimum atomic E-state index is -0.839. The van der Waals surface area contributed by atoms with Gasteiger partial charge in [-0.3, -0.25) is 4.79 Å². The van der Waals surface area contributed by atoms with Crippen LogP contribution in [0.15, 0.2) is 60.7 Å². The third-order valence-electron chi connectivity index (χ3n) is 4.46. The maximum absolute atomic E-state index is 12.7. The highest BCUT2D eigenvalue weighted by molar-refractivity contribution is 6.32. The molecule has 0 saturated carbocycles. The van der Waals surface area contributed by atoms with Crippen molar-refractivity contribution >= 4 is 34.2 Å². The monoisotopic (exact) mass is 397 g/mol. The highest BCUT2D eigenvalue weighted by atomic mass is 35.5. The molecule has 0 fully saturated rings. The molecule has 1 atom stereocenters. The third kappa shape index (κ3) is 4.43. The summed E-state index contributed by atoms with van der Waals surface area (Å²) in [4.78, 5) is 24.9. The quantitative estimate of drug-likeness (QED) is 0.638. The Kier molecular flexibility index (Phi) is 6.16. The number of benzene rings is 3. The number of esters is 1. The van der Waals surface area contributed by atoms with E-state index in [1.807, 2.05) is 30.3 Å². The maximum atomic E-state index is 12.7. The van der Waals surface area contributed by atoms with E-state index in [-0.39, 0.29) is 12.3 Å². The van der Waals surface area contributed by atoms with Crippen LogP contribution in [0.5, 0.6) is 5.75 Å². The Labute approximate surface area is 168 Å². The molecule has 0 aromatic heterocycles. The van der Waals surface area contributed by atoms with Gasteiger partial charge in [-0.15, -0.1) is 0 Å². The largest absolute Gasteiger partial charge is 0.495 e. The highest BCUT2D eigenvalue weighted by Crippen LogP contribution is 2.25. The van der Waals surface area contributed by atoms with Crippen molar-refractivity contribution in [2.45, 2.75) is 12.5 Å². The summed E-state index contributed by atoms with van der Waals surface area (Å²) < 4.78 is 9.99. The molecule has 144 valence electrons. The second kappa shape index (κ2) is 8.76. The van der Waals surface area contributed by atoms with Gasteiger partial charge in [0.2, 0.25) is 0 Å². The summed E-state index contributed by atoms with van der Waals surface area (Å²) in [6.45, 7) is 0. The Bertz CT molecular complexity index is 1020. The van der Waals surface area contributed by atoms with Crippen LogP contribution in [0.4, 0.5) is 0 Å². The molecule has 0 aliphatic heterocycles. The molecule has 6 heteroatoms. The smallest absolute Gasteiger partial charge is 0.328 e. The van der Waals surface area contributed by atoms with Gasteiger partial charge in [0.1, 0.15) is 11.8 Å². The van der Waals surface area contributed by atoms with Crippen molar-refractivity contribution in [2.24, 2.45) is 0 Å². The Morgan fingerprint density at radius 3 is 2.43 bits per heavy atom. The molecule has 0 saturated heterocycles. The van der Waals surface area contributed by atoms with Crippen molar-refractivity contribution in [1.29, 1.82) is 0 Å². The fraction of sp³-hybridized carbons (Fsp3) is 0.182. The first-order chi connectivity index (χ1) is 13.5. The van der Waals surface area contributed by atoms with E-state index in [1.165, 1.54) is 14.2 Å². The van der Waals surface area contributed by atoms with Crippen LogP contribution in [0.2, 0.25) is 5.02 Å². The zero-order chi connectivity index (χ0) is 20.1. The number of halogens is 1. The Balaban J connectivity index is 1.80. The molecule has 0 heterocycles. The number of carbonyl (C=O) groups is 2. The lowest BCUT2D eigenvalue weighted by molar-refractivity contribution is -0.142. The highest BCUT2D eigenvalue weighted by Gasteiger charge is 2.23. The van der Waals surface area contributed by atoms with Gasteiger partial charge in [-0.2, -0.15) is 0 Å². The zero-order valence-corrected chi connectivity index (χ0v) is 16.3. The van der Waals surface area contributed by atoms with E-state index in [1.54, 1.807) is 30.3 Å². The molecule has 0 unspecified atom stereocenters. The molecule has 0 radical (unpaired) electrons. The first-order valence-electron chi connectivity index (χ1n) is 8.71. The molecule has 28 heavy (non-hydrogen) atoms. The summed E-state index contributed by atoms with van der Waals surface area (Å²) in [6.07, 6.45) is 0.246. The van der Waals surface area contributed by atoms with Gasteiger partial charge in [-0.05, 0) is 40.6 Å². The summed E-state index contributed by atoms with van der Waals surface area (Å²) >= 11 is 6.16. The molecular weight excluding hydrogens is 378 g/mol. The average molecular weight is 398 g/mol. The standard InChI is InChI=1S/C22H20ClNO4/c1-27-20-10-7-14(11-18(20)23)12-19(22(26)28-2)24-21(25)17-9-8-15-5-3-4-6-16(15)13-17/h3-11,13,19H,12H2,1-2H3,(H,24,25)/t19-/m1/s1. The summed E-state index contributed by atoms with van der Waals surface area (Å²) in [5, 5.41) is 5.18. The van der Waals surface area contributed by atoms with Crippen LogP contribution in [-0.2, 0) is 16.0 Å². The van der Waals surface area contributed by atoms with E-state index < -0.39 is 12.0 Å². The van der Waals surface area contributed by atoms with Crippen LogP contribution < -0.4 is 10.1 Å². The van der Waals surface area contributed by atoms with Crippen LogP contribution >= 0.6 is 11.6 Å². The van der Waals surface area contributed by atoms with Crippen LogP contribution in [0.25, 0.3) is 10.8 Å². The lowest BCUT2D eigenvalue weighted by atomic mass is 10.0. The lowest BCUT2D eigenvalue weighted by Gasteiger charge is -2.17. The molecule has 1 N–H and O–H groups in total. The van der Waals surface area contributed by atoms with Gasteiger partial charge in [-0.1, -0.05) is 48.0 Å². The fourth-order valence-corrected chi connectivity index (χ4v) is 3.26. The van der Waals surface area contributed by atoms with Gasteiger partial charge in [-0.25, -0.2) is 4.79 Å². The Morgan fingerprint density at radius 2 is 1.75 bits per heavy atom. The lowest BCUT2D eigenvalue weighted by Crippen LogP contribution is -2.43. The van der Waals surface area contributed by atoms with Crippen LogP contribution in [0.1, 0.15) is 15.9 Å². The van der Waals surface area contributed by atoms with Gasteiger partial charge < -0.3 is 14.8 Å². The van der Waals surface area contributed by atoms with E-state index in [9.17, 15) is 9.59 Å². The Hall–Kier alpha value is -3.05. The predicted octanol–water partition coefficient (Wildman–Crippen LogP) is 4.02. The molecule has 0 spiro atoms. The van der Waals surface area contributed by atoms with Crippen LogP contribution in [0, 0.1) is 0 Å². The van der Waals surface area contributed by atoms with Crippen molar-refractivity contribution in [2.75, 3.05) is 14.2 Å². The number of fused-ring (bicyclic) bond motifs is 1. The summed E-state index contributed by atoms with van der Waals surface area (Å²) in [6, 6.07) is 17.5. The van der Waals surface area contributed by atoms with Crippen molar-refractivity contribution in [3.63, 3.8) is 0 Å². The number of hydrogen-bond acceptors (Lipinski definition) is 4. The molecule has 3 aromatic carbocycles. The summed E-state index contributed by atoms with van der Waals surface area (Å²) in [5.41, 5.74) is 1.25. The van der Waals surface area contributed by atoms with E-state index in [2.05, 4.69) is 5.32 Å². The molecular formula is C22H20ClNO4. The third-order valence-corrected chi connectivity index (χ3v) is 4.75. The van der Waals surface area contributed by atoms with E-state index in [0.29, 0.717) is 16.3 Å². The zero-order valence-electron chi connectivity index (χ0n) is 15.6. The number of nitrogens with one attached hydrogen (secondary N) is 1. The molecule has 3 rings (SSSR count). The molecule has 0 bridgehead atoms. The van der Waals surface area contributed by atoms with E-state index in [4.69, 9.17) is 21.1 Å². The first kappa shape index (κ1) is 19.7. The first-order valence-corrected chi connectivity index (χ1v) is 9.09. The van der Waals surface area contributed by atoms with Crippen molar-refractivity contribution < 1.29 is 19.1 Å². The predicted molar refractivity (Wildman–Crippen MR) is 109 cm³/mol. The van der Waals surface area contributed by atoms with Gasteiger partial charge in [0, 0.05) is 12.0 Å². The van der Waals surface area contributed by atoms with E-state index >= 15 is 0 Å². The van der Waals surface area contributed by atoms with Gasteiger partial charge in [0.15, 0.2) is 0 Å².